The smallest absolute Gasteiger partial charge is 0.303 e. The number of carboxylic acids is 1. The van der Waals surface area contributed by atoms with E-state index in [-0.39, 0.29) is 12.3 Å². The van der Waals surface area contributed by atoms with Crippen LogP contribution in [0.25, 0.3) is 11.5 Å². The number of aryl methyl sites for hydroxylation is 2. The number of thioether (sulfide) groups is 1. The van der Waals surface area contributed by atoms with Crippen LogP contribution in [-0.2, 0) is 17.6 Å². The zero-order chi connectivity index (χ0) is 23.5. The molecule has 3 aromatic rings. The maximum atomic E-state index is 11.1. The summed E-state index contributed by atoms with van der Waals surface area (Å²) >= 11 is 2.01. The number of oxazole rings is 1. The van der Waals surface area contributed by atoms with E-state index in [9.17, 15) is 4.79 Å². The first-order valence-electron chi connectivity index (χ1n) is 11.9. The molecule has 1 fully saturated rings. The van der Waals surface area contributed by atoms with Crippen LogP contribution in [0.5, 0.6) is 5.75 Å². The van der Waals surface area contributed by atoms with Crippen molar-refractivity contribution in [2.24, 2.45) is 0 Å². The molecule has 178 valence electrons. The van der Waals surface area contributed by atoms with Crippen molar-refractivity contribution in [3.8, 4) is 17.2 Å². The van der Waals surface area contributed by atoms with E-state index >= 15 is 0 Å². The Bertz CT molecular complexity index is 1150. The van der Waals surface area contributed by atoms with E-state index in [1.165, 1.54) is 22.8 Å². The molecule has 0 amide bonds. The number of carbonyl (C=O) groups is 1. The summed E-state index contributed by atoms with van der Waals surface area (Å²) < 4.78 is 12.0. The van der Waals surface area contributed by atoms with Gasteiger partial charge in [-0.25, -0.2) is 4.98 Å². The summed E-state index contributed by atoms with van der Waals surface area (Å²) in [6, 6.07) is 14.5. The Hall–Kier alpha value is -2.93. The first-order valence-corrected chi connectivity index (χ1v) is 13.1. The monoisotopic (exact) mass is 478 g/mol. The van der Waals surface area contributed by atoms with Crippen LogP contribution in [0.1, 0.15) is 41.3 Å². The lowest BCUT2D eigenvalue weighted by Gasteiger charge is -2.28. The highest BCUT2D eigenvalue weighted by atomic mass is 32.2. The Morgan fingerprint density at radius 1 is 1.21 bits per heavy atom. The van der Waals surface area contributed by atoms with Crippen molar-refractivity contribution in [1.29, 1.82) is 0 Å². The molecule has 0 spiro atoms. The van der Waals surface area contributed by atoms with Crippen LogP contribution < -0.4 is 9.64 Å². The number of hydrogen-bond acceptors (Lipinski definition) is 6. The molecule has 1 aliphatic carbocycles. The second kappa shape index (κ2) is 10.1. The SMILES string of the molecule is Cc1oc(-c2ccc(N3CCSCC3)cc2)nc1CCOc1ccc2c(c1)CC[C@H]2CC(=O)O. The molecule has 0 bridgehead atoms. The predicted molar refractivity (Wildman–Crippen MR) is 135 cm³/mol. The average molecular weight is 479 g/mol. The van der Waals surface area contributed by atoms with Gasteiger partial charge in [-0.15, -0.1) is 0 Å². The number of hydrogen-bond donors (Lipinski definition) is 1. The minimum Gasteiger partial charge on any atom is -0.493 e. The number of carboxylic acid groups (broad SMARTS) is 1. The van der Waals surface area contributed by atoms with Crippen molar-refractivity contribution >= 4 is 23.4 Å². The molecule has 34 heavy (non-hydrogen) atoms. The second-order valence-corrected chi connectivity index (χ2v) is 10.2. The topological polar surface area (TPSA) is 75.8 Å². The van der Waals surface area contributed by atoms with Gasteiger partial charge in [-0.05, 0) is 73.2 Å². The summed E-state index contributed by atoms with van der Waals surface area (Å²) in [4.78, 5) is 18.2. The van der Waals surface area contributed by atoms with Gasteiger partial charge >= 0.3 is 5.97 Å². The minimum absolute atomic E-state index is 0.116. The number of aliphatic carboxylic acids is 1. The van der Waals surface area contributed by atoms with Gasteiger partial charge < -0.3 is 19.2 Å². The Morgan fingerprint density at radius 2 is 2.00 bits per heavy atom. The molecule has 2 aliphatic rings. The van der Waals surface area contributed by atoms with Gasteiger partial charge in [0.1, 0.15) is 11.5 Å². The lowest BCUT2D eigenvalue weighted by atomic mass is 9.98. The van der Waals surface area contributed by atoms with Crippen molar-refractivity contribution in [2.75, 3.05) is 36.1 Å². The molecular formula is C27H30N2O4S. The highest BCUT2D eigenvalue weighted by Crippen LogP contribution is 2.37. The highest BCUT2D eigenvalue weighted by molar-refractivity contribution is 7.99. The summed E-state index contributed by atoms with van der Waals surface area (Å²) in [7, 11) is 0. The summed E-state index contributed by atoms with van der Waals surface area (Å²) in [5.41, 5.74) is 5.51. The average Bonchev–Trinajstić information content (AvgIpc) is 3.42. The van der Waals surface area contributed by atoms with Crippen molar-refractivity contribution in [1.82, 2.24) is 4.98 Å². The molecule has 2 heterocycles. The van der Waals surface area contributed by atoms with Crippen LogP contribution in [-0.4, -0.2) is 47.3 Å². The van der Waals surface area contributed by atoms with E-state index in [1.54, 1.807) is 0 Å². The number of fused-ring (bicyclic) bond motifs is 1. The van der Waals surface area contributed by atoms with Crippen LogP contribution >= 0.6 is 11.8 Å². The number of anilines is 1. The lowest BCUT2D eigenvalue weighted by molar-refractivity contribution is -0.137. The second-order valence-electron chi connectivity index (χ2n) is 8.96. The summed E-state index contributed by atoms with van der Waals surface area (Å²) in [5, 5.41) is 9.10. The van der Waals surface area contributed by atoms with Gasteiger partial charge in [0.2, 0.25) is 5.89 Å². The zero-order valence-electron chi connectivity index (χ0n) is 19.5. The Morgan fingerprint density at radius 3 is 2.76 bits per heavy atom. The van der Waals surface area contributed by atoms with Gasteiger partial charge in [0, 0.05) is 42.3 Å². The molecule has 0 saturated carbocycles. The first kappa shape index (κ1) is 22.8. The molecular weight excluding hydrogens is 448 g/mol. The van der Waals surface area contributed by atoms with Gasteiger partial charge in [-0.3, -0.25) is 4.79 Å². The van der Waals surface area contributed by atoms with Gasteiger partial charge in [-0.2, -0.15) is 11.8 Å². The molecule has 1 N–H and O–H groups in total. The fourth-order valence-corrected chi connectivity index (χ4v) is 5.78. The van der Waals surface area contributed by atoms with Crippen LogP contribution in [0.2, 0.25) is 0 Å². The zero-order valence-corrected chi connectivity index (χ0v) is 20.3. The molecule has 2 aromatic carbocycles. The van der Waals surface area contributed by atoms with Crippen molar-refractivity contribution in [3.63, 3.8) is 0 Å². The third kappa shape index (κ3) is 5.09. The number of nitrogens with zero attached hydrogens (tertiary/aromatic N) is 2. The fourth-order valence-electron chi connectivity index (χ4n) is 4.88. The van der Waals surface area contributed by atoms with E-state index in [0.29, 0.717) is 18.9 Å². The van der Waals surface area contributed by atoms with Gasteiger partial charge in [0.15, 0.2) is 0 Å². The number of aromatic nitrogens is 1. The van der Waals surface area contributed by atoms with Crippen LogP contribution in [0.15, 0.2) is 46.9 Å². The van der Waals surface area contributed by atoms with Crippen molar-refractivity contribution < 1.29 is 19.1 Å². The van der Waals surface area contributed by atoms with E-state index in [0.717, 1.165) is 54.3 Å². The molecule has 0 unspecified atom stereocenters. The predicted octanol–water partition coefficient (Wildman–Crippen LogP) is 5.33. The molecule has 5 rings (SSSR count). The van der Waals surface area contributed by atoms with Crippen LogP contribution in [0.4, 0.5) is 5.69 Å². The van der Waals surface area contributed by atoms with Crippen molar-refractivity contribution in [2.45, 2.75) is 38.5 Å². The largest absolute Gasteiger partial charge is 0.493 e. The number of rotatable bonds is 8. The quantitative estimate of drug-likeness (QED) is 0.469. The van der Waals surface area contributed by atoms with Crippen LogP contribution in [0.3, 0.4) is 0 Å². The molecule has 0 radical (unpaired) electrons. The third-order valence-electron chi connectivity index (χ3n) is 6.73. The minimum atomic E-state index is -0.738. The third-order valence-corrected chi connectivity index (χ3v) is 7.67. The molecule has 6 nitrogen and oxygen atoms in total. The molecule has 7 heteroatoms. The Kier molecular flexibility index (Phi) is 6.81. The maximum Gasteiger partial charge on any atom is 0.303 e. The van der Waals surface area contributed by atoms with Gasteiger partial charge in [-0.1, -0.05) is 6.07 Å². The number of ether oxygens (including phenoxy) is 1. The lowest BCUT2D eigenvalue weighted by Crippen LogP contribution is -2.32. The first-order chi connectivity index (χ1) is 16.6. The Balaban J connectivity index is 1.18. The van der Waals surface area contributed by atoms with E-state index in [2.05, 4.69) is 35.2 Å². The highest BCUT2D eigenvalue weighted by Gasteiger charge is 2.25. The molecule has 1 aromatic heterocycles. The molecule has 1 saturated heterocycles. The molecule has 1 atom stereocenters. The summed E-state index contributed by atoms with van der Waals surface area (Å²) in [6.45, 7) is 4.65. The maximum absolute atomic E-state index is 11.1. The van der Waals surface area contributed by atoms with Crippen molar-refractivity contribution in [3.05, 3.63) is 65.0 Å². The van der Waals surface area contributed by atoms with Gasteiger partial charge in [0.05, 0.1) is 18.7 Å². The van der Waals surface area contributed by atoms with Crippen LogP contribution in [0, 0.1) is 6.92 Å². The van der Waals surface area contributed by atoms with E-state index in [1.807, 2.05) is 30.8 Å². The van der Waals surface area contributed by atoms with E-state index < -0.39 is 5.97 Å². The standard InChI is InChI=1S/C27H30N2O4S/c1-18-25(10-13-32-23-8-9-24-20(16-23)2-3-21(24)17-26(30)31)28-27(33-18)19-4-6-22(7-5-19)29-11-14-34-15-12-29/h4-9,16,21H,2-3,10-15,17H2,1H3,(H,30,31)/t21-/m0/s1. The summed E-state index contributed by atoms with van der Waals surface area (Å²) in [6.07, 6.45) is 2.66. The number of benzene rings is 2. The molecule has 1 aliphatic heterocycles. The van der Waals surface area contributed by atoms with E-state index in [4.69, 9.17) is 19.2 Å². The Labute approximate surface area is 204 Å². The summed E-state index contributed by atoms with van der Waals surface area (Å²) in [5.74, 6) is 4.04. The van der Waals surface area contributed by atoms with Gasteiger partial charge in [0.25, 0.3) is 0 Å². The normalized spacial score (nSPS) is 17.6. The fraction of sp³-hybridized carbons (Fsp3) is 0.407.